The van der Waals surface area contributed by atoms with Crippen molar-refractivity contribution in [2.45, 2.75) is 32.7 Å². The van der Waals surface area contributed by atoms with E-state index in [4.69, 9.17) is 4.98 Å². The molecule has 112 valence electrons. The van der Waals surface area contributed by atoms with Gasteiger partial charge >= 0.3 is 0 Å². The first kappa shape index (κ1) is 14.3. The highest BCUT2D eigenvalue weighted by molar-refractivity contribution is 5.94. The van der Waals surface area contributed by atoms with Crippen molar-refractivity contribution in [2.75, 3.05) is 25.0 Å². The van der Waals surface area contributed by atoms with Gasteiger partial charge in [-0.15, -0.1) is 0 Å². The van der Waals surface area contributed by atoms with E-state index < -0.39 is 0 Å². The second-order valence-corrected chi connectivity index (χ2v) is 6.15. The Morgan fingerprint density at radius 3 is 2.71 bits per heavy atom. The minimum atomic E-state index is 0.876. The molecule has 21 heavy (non-hydrogen) atoms. The van der Waals surface area contributed by atoms with Crippen molar-refractivity contribution in [3.8, 4) is 0 Å². The maximum atomic E-state index is 4.75. The fraction of sp³-hybridized carbons (Fsp3) is 0.500. The van der Waals surface area contributed by atoms with Gasteiger partial charge in [-0.05, 0) is 42.7 Å². The van der Waals surface area contributed by atoms with Gasteiger partial charge < -0.3 is 10.2 Å². The summed E-state index contributed by atoms with van der Waals surface area (Å²) < 4.78 is 0. The van der Waals surface area contributed by atoms with Gasteiger partial charge in [0.25, 0.3) is 0 Å². The summed E-state index contributed by atoms with van der Waals surface area (Å²) in [6.45, 7) is 5.27. The predicted molar refractivity (Wildman–Crippen MR) is 89.7 cm³/mol. The number of aromatic nitrogens is 1. The third kappa shape index (κ3) is 3.35. The number of nitrogens with one attached hydrogen (secondary N) is 1. The predicted octanol–water partition coefficient (Wildman–Crippen LogP) is 3.58. The minimum Gasteiger partial charge on any atom is -0.359 e. The zero-order valence-corrected chi connectivity index (χ0v) is 13.1. The standard InChI is InChI=1S/C18H25N3/c1-3-10-19-11-15-12-20-18(21(2)13-14-8-9-14)17-7-5-4-6-16(15)17/h4-7,12,14,19H,3,8-11,13H2,1-2H3. The molecule has 1 heterocycles. The minimum absolute atomic E-state index is 0.876. The number of rotatable bonds is 7. The van der Waals surface area contributed by atoms with E-state index in [1.54, 1.807) is 0 Å². The van der Waals surface area contributed by atoms with Crippen molar-refractivity contribution >= 4 is 16.6 Å². The second-order valence-electron chi connectivity index (χ2n) is 6.15. The molecule has 1 saturated carbocycles. The van der Waals surface area contributed by atoms with Crippen LogP contribution in [0.5, 0.6) is 0 Å². The number of hydrogen-bond acceptors (Lipinski definition) is 3. The summed E-state index contributed by atoms with van der Waals surface area (Å²) in [5, 5.41) is 6.08. The van der Waals surface area contributed by atoms with Gasteiger partial charge in [-0.1, -0.05) is 31.2 Å². The topological polar surface area (TPSA) is 28.2 Å². The Morgan fingerprint density at radius 2 is 2.00 bits per heavy atom. The van der Waals surface area contributed by atoms with Crippen LogP contribution in [0.1, 0.15) is 31.7 Å². The van der Waals surface area contributed by atoms with Crippen molar-refractivity contribution in [1.29, 1.82) is 0 Å². The molecule has 1 aromatic heterocycles. The molecule has 0 atom stereocenters. The monoisotopic (exact) mass is 283 g/mol. The van der Waals surface area contributed by atoms with E-state index >= 15 is 0 Å². The van der Waals surface area contributed by atoms with Crippen molar-refractivity contribution in [1.82, 2.24) is 10.3 Å². The molecular formula is C18H25N3. The zero-order valence-electron chi connectivity index (χ0n) is 13.1. The maximum Gasteiger partial charge on any atom is 0.136 e. The van der Waals surface area contributed by atoms with Gasteiger partial charge in [0.05, 0.1) is 0 Å². The van der Waals surface area contributed by atoms with Gasteiger partial charge in [0.15, 0.2) is 0 Å². The van der Waals surface area contributed by atoms with Crippen molar-refractivity contribution in [3.63, 3.8) is 0 Å². The number of anilines is 1. The first-order valence-electron chi connectivity index (χ1n) is 8.08. The number of nitrogens with zero attached hydrogens (tertiary/aromatic N) is 2. The van der Waals surface area contributed by atoms with Crippen LogP contribution in [0, 0.1) is 5.92 Å². The smallest absolute Gasteiger partial charge is 0.136 e. The molecule has 1 fully saturated rings. The molecule has 3 rings (SSSR count). The van der Waals surface area contributed by atoms with Crippen LogP contribution < -0.4 is 10.2 Å². The Balaban J connectivity index is 1.89. The number of benzene rings is 1. The Morgan fingerprint density at radius 1 is 1.24 bits per heavy atom. The summed E-state index contributed by atoms with van der Waals surface area (Å²) >= 11 is 0. The molecule has 1 aliphatic carbocycles. The molecule has 1 aliphatic rings. The van der Waals surface area contributed by atoms with Gasteiger partial charge in [-0.25, -0.2) is 4.98 Å². The van der Waals surface area contributed by atoms with Crippen molar-refractivity contribution < 1.29 is 0 Å². The lowest BCUT2D eigenvalue weighted by Gasteiger charge is -2.21. The normalized spacial score (nSPS) is 14.6. The van der Waals surface area contributed by atoms with Crippen LogP contribution in [-0.4, -0.2) is 25.1 Å². The fourth-order valence-electron chi connectivity index (χ4n) is 2.86. The van der Waals surface area contributed by atoms with Crippen LogP contribution in [0.4, 0.5) is 5.82 Å². The van der Waals surface area contributed by atoms with Gasteiger partial charge in [0, 0.05) is 31.7 Å². The number of fused-ring (bicyclic) bond motifs is 1. The van der Waals surface area contributed by atoms with Gasteiger partial charge in [0.2, 0.25) is 0 Å². The summed E-state index contributed by atoms with van der Waals surface area (Å²) in [7, 11) is 2.17. The summed E-state index contributed by atoms with van der Waals surface area (Å²) in [5.74, 6) is 2.00. The van der Waals surface area contributed by atoms with E-state index in [1.807, 2.05) is 6.20 Å². The largest absolute Gasteiger partial charge is 0.359 e. The van der Waals surface area contributed by atoms with Gasteiger partial charge in [-0.2, -0.15) is 0 Å². The van der Waals surface area contributed by atoms with Gasteiger partial charge in [0.1, 0.15) is 5.82 Å². The molecule has 0 unspecified atom stereocenters. The molecule has 3 heteroatoms. The summed E-state index contributed by atoms with van der Waals surface area (Å²) in [6, 6.07) is 8.65. The molecule has 0 saturated heterocycles. The van der Waals surface area contributed by atoms with E-state index in [-0.39, 0.29) is 0 Å². The lowest BCUT2D eigenvalue weighted by molar-refractivity contribution is 0.676. The Kier molecular flexibility index (Phi) is 4.39. The lowest BCUT2D eigenvalue weighted by Crippen LogP contribution is -2.22. The average molecular weight is 283 g/mol. The van der Waals surface area contributed by atoms with Crippen LogP contribution in [0.2, 0.25) is 0 Å². The van der Waals surface area contributed by atoms with Crippen LogP contribution in [0.15, 0.2) is 30.5 Å². The van der Waals surface area contributed by atoms with Crippen LogP contribution >= 0.6 is 0 Å². The lowest BCUT2D eigenvalue weighted by atomic mass is 10.1. The van der Waals surface area contributed by atoms with E-state index in [0.29, 0.717) is 0 Å². The first-order valence-corrected chi connectivity index (χ1v) is 8.08. The number of hydrogen-bond donors (Lipinski definition) is 1. The van der Waals surface area contributed by atoms with Crippen LogP contribution in [0.3, 0.4) is 0 Å². The molecule has 3 nitrogen and oxygen atoms in total. The van der Waals surface area contributed by atoms with Crippen LogP contribution in [-0.2, 0) is 6.54 Å². The van der Waals surface area contributed by atoms with Crippen molar-refractivity contribution in [2.24, 2.45) is 5.92 Å². The Bertz CT molecular complexity index is 604. The highest BCUT2D eigenvalue weighted by Crippen LogP contribution is 2.33. The Labute approximate surface area is 127 Å². The first-order chi connectivity index (χ1) is 10.3. The fourth-order valence-corrected chi connectivity index (χ4v) is 2.86. The maximum absolute atomic E-state index is 4.75. The number of pyridine rings is 1. The molecule has 2 aromatic rings. The molecule has 0 aliphatic heterocycles. The Hall–Kier alpha value is -1.61. The summed E-state index contributed by atoms with van der Waals surface area (Å²) in [4.78, 5) is 7.07. The molecule has 1 N–H and O–H groups in total. The molecule has 0 amide bonds. The van der Waals surface area contributed by atoms with E-state index in [9.17, 15) is 0 Å². The second kappa shape index (κ2) is 6.44. The SMILES string of the molecule is CCCNCc1cnc(N(C)CC2CC2)c2ccccc12. The zero-order chi connectivity index (χ0) is 14.7. The highest BCUT2D eigenvalue weighted by atomic mass is 15.2. The van der Waals surface area contributed by atoms with Gasteiger partial charge in [-0.3, -0.25) is 0 Å². The van der Waals surface area contributed by atoms with E-state index in [2.05, 4.69) is 48.5 Å². The van der Waals surface area contributed by atoms with Crippen LogP contribution in [0.25, 0.3) is 10.8 Å². The highest BCUT2D eigenvalue weighted by Gasteiger charge is 2.24. The molecule has 0 radical (unpaired) electrons. The quantitative estimate of drug-likeness (QED) is 0.787. The third-order valence-electron chi connectivity index (χ3n) is 4.19. The molecular weight excluding hydrogens is 258 g/mol. The summed E-state index contributed by atoms with van der Waals surface area (Å²) in [5.41, 5.74) is 1.29. The molecule has 0 bridgehead atoms. The molecule has 1 aromatic carbocycles. The van der Waals surface area contributed by atoms with E-state index in [0.717, 1.165) is 37.8 Å². The third-order valence-corrected chi connectivity index (χ3v) is 4.19. The van der Waals surface area contributed by atoms with Crippen molar-refractivity contribution in [3.05, 3.63) is 36.0 Å². The summed E-state index contributed by atoms with van der Waals surface area (Å²) in [6.07, 6.45) is 5.96. The van der Waals surface area contributed by atoms with E-state index in [1.165, 1.54) is 29.2 Å². The molecule has 0 spiro atoms. The average Bonchev–Trinajstić information content (AvgIpc) is 3.31.